The van der Waals surface area contributed by atoms with Crippen LogP contribution >= 0.6 is 0 Å². The summed E-state index contributed by atoms with van der Waals surface area (Å²) in [4.78, 5) is 5.17. The van der Waals surface area contributed by atoms with E-state index in [1.807, 2.05) is 0 Å². The molecule has 0 aliphatic carbocycles. The molecule has 2 aliphatic rings. The maximum absolute atomic E-state index is 6.36. The molecule has 2 fully saturated rings. The van der Waals surface area contributed by atoms with Gasteiger partial charge in [0.15, 0.2) is 0 Å². The number of hydrogen-bond donors (Lipinski definition) is 1. The van der Waals surface area contributed by atoms with Gasteiger partial charge in [-0.05, 0) is 54.9 Å². The second-order valence-corrected chi connectivity index (χ2v) is 8.93. The quantitative estimate of drug-likeness (QED) is 0.847. The van der Waals surface area contributed by atoms with E-state index in [1.165, 1.54) is 0 Å². The van der Waals surface area contributed by atoms with Gasteiger partial charge in [0.2, 0.25) is 0 Å². The Morgan fingerprint density at radius 2 is 1.52 bits per heavy atom. The van der Waals surface area contributed by atoms with Gasteiger partial charge in [-0.15, -0.1) is 0 Å². The van der Waals surface area contributed by atoms with Gasteiger partial charge in [0.05, 0.1) is 16.7 Å². The van der Waals surface area contributed by atoms with Crippen molar-refractivity contribution in [2.75, 3.05) is 32.7 Å². The van der Waals surface area contributed by atoms with Crippen LogP contribution in [0.15, 0.2) is 0 Å². The van der Waals surface area contributed by atoms with Crippen LogP contribution in [0.5, 0.6) is 0 Å². The topological polar surface area (TPSA) is 41.7 Å². The maximum Gasteiger partial charge on any atom is 0.0830 e. The Morgan fingerprint density at radius 3 is 1.86 bits per heavy atom. The average molecular weight is 297 g/mol. The monoisotopic (exact) mass is 297 g/mol. The van der Waals surface area contributed by atoms with E-state index < -0.39 is 0 Å². The van der Waals surface area contributed by atoms with Crippen molar-refractivity contribution in [3.8, 4) is 0 Å². The summed E-state index contributed by atoms with van der Waals surface area (Å²) in [7, 11) is 0. The first-order valence-corrected chi connectivity index (χ1v) is 8.34. The molecule has 2 aliphatic heterocycles. The average Bonchev–Trinajstić information content (AvgIpc) is 2.53. The molecule has 1 unspecified atom stereocenters. The van der Waals surface area contributed by atoms with Gasteiger partial charge in [-0.3, -0.25) is 9.80 Å². The molecule has 0 amide bonds. The molecule has 0 aromatic carbocycles. The SMILES string of the molecule is CC1(C)CC(CN)(N2CCN(C(C)(C)C)CC2)C(C)(C)O1. The van der Waals surface area contributed by atoms with Crippen LogP contribution in [0, 0.1) is 0 Å². The third kappa shape index (κ3) is 3.00. The molecule has 21 heavy (non-hydrogen) atoms. The smallest absolute Gasteiger partial charge is 0.0830 e. The Balaban J connectivity index is 2.17. The van der Waals surface area contributed by atoms with E-state index in [1.54, 1.807) is 0 Å². The summed E-state index contributed by atoms with van der Waals surface area (Å²) in [5, 5.41) is 0. The molecule has 1 atom stereocenters. The second kappa shape index (κ2) is 5.19. The Kier molecular flexibility index (Phi) is 4.25. The lowest BCUT2D eigenvalue weighted by atomic mass is 9.77. The Bertz CT molecular complexity index is 378. The molecule has 0 saturated carbocycles. The zero-order valence-electron chi connectivity index (χ0n) is 15.1. The molecule has 2 heterocycles. The zero-order chi connectivity index (χ0) is 16.1. The summed E-state index contributed by atoms with van der Waals surface area (Å²) in [5.74, 6) is 0. The van der Waals surface area contributed by atoms with E-state index in [2.05, 4.69) is 58.3 Å². The highest BCUT2D eigenvalue weighted by molar-refractivity contribution is 5.14. The van der Waals surface area contributed by atoms with Gasteiger partial charge in [-0.2, -0.15) is 0 Å². The van der Waals surface area contributed by atoms with Crippen molar-refractivity contribution >= 4 is 0 Å². The minimum atomic E-state index is -0.199. The van der Waals surface area contributed by atoms with E-state index in [0.29, 0.717) is 6.54 Å². The highest BCUT2D eigenvalue weighted by Gasteiger charge is 2.59. The Hall–Kier alpha value is -0.160. The first kappa shape index (κ1) is 17.2. The van der Waals surface area contributed by atoms with Gasteiger partial charge in [0.25, 0.3) is 0 Å². The van der Waals surface area contributed by atoms with E-state index >= 15 is 0 Å². The number of nitrogens with zero attached hydrogens (tertiary/aromatic N) is 2. The first-order valence-electron chi connectivity index (χ1n) is 8.34. The maximum atomic E-state index is 6.36. The molecule has 2 N–H and O–H groups in total. The predicted molar refractivity (Wildman–Crippen MR) is 88.5 cm³/mol. The van der Waals surface area contributed by atoms with Gasteiger partial charge in [0.1, 0.15) is 0 Å². The number of nitrogens with two attached hydrogens (primary N) is 1. The van der Waals surface area contributed by atoms with Crippen molar-refractivity contribution < 1.29 is 4.74 Å². The normalized spacial score (nSPS) is 34.3. The van der Waals surface area contributed by atoms with Crippen molar-refractivity contribution in [1.82, 2.24) is 9.80 Å². The summed E-state index contributed by atoms with van der Waals surface area (Å²) < 4.78 is 6.36. The minimum absolute atomic E-state index is 0.0412. The van der Waals surface area contributed by atoms with Crippen molar-refractivity contribution in [2.45, 2.75) is 77.2 Å². The molecule has 0 aromatic rings. The molecule has 2 saturated heterocycles. The largest absolute Gasteiger partial charge is 0.368 e. The zero-order valence-corrected chi connectivity index (χ0v) is 15.1. The van der Waals surface area contributed by atoms with Gasteiger partial charge in [-0.1, -0.05) is 0 Å². The summed E-state index contributed by atoms with van der Waals surface area (Å²) in [6, 6.07) is 0. The van der Waals surface area contributed by atoms with Gasteiger partial charge >= 0.3 is 0 Å². The van der Waals surface area contributed by atoms with Crippen LogP contribution in [0.2, 0.25) is 0 Å². The summed E-state index contributed by atoms with van der Waals surface area (Å²) in [6.07, 6.45) is 1.01. The Morgan fingerprint density at radius 1 is 1.00 bits per heavy atom. The molecule has 124 valence electrons. The molecule has 0 radical (unpaired) electrons. The molecule has 0 bridgehead atoms. The minimum Gasteiger partial charge on any atom is -0.368 e. The van der Waals surface area contributed by atoms with Crippen molar-refractivity contribution in [2.24, 2.45) is 5.73 Å². The number of ether oxygens (including phenoxy) is 1. The number of rotatable bonds is 2. The van der Waals surface area contributed by atoms with Crippen LogP contribution in [0.1, 0.15) is 54.9 Å². The van der Waals surface area contributed by atoms with Crippen LogP contribution in [0.25, 0.3) is 0 Å². The molecule has 2 rings (SSSR count). The summed E-state index contributed by atoms with van der Waals surface area (Å²) in [6.45, 7) is 20.8. The second-order valence-electron chi connectivity index (χ2n) is 8.93. The fraction of sp³-hybridized carbons (Fsp3) is 1.00. The van der Waals surface area contributed by atoms with Crippen LogP contribution in [-0.2, 0) is 4.74 Å². The molecule has 4 heteroatoms. The summed E-state index contributed by atoms with van der Waals surface area (Å²) >= 11 is 0. The van der Waals surface area contributed by atoms with Crippen molar-refractivity contribution in [3.05, 3.63) is 0 Å². The standard InChI is InChI=1S/C17H35N3O/c1-14(2,3)19-8-10-20(11-9-19)17(13-18)12-15(4,5)21-16(17,6)7/h8-13,18H2,1-7H3. The lowest BCUT2D eigenvalue weighted by Gasteiger charge is -2.52. The fourth-order valence-electron chi connectivity index (χ4n) is 4.48. The van der Waals surface area contributed by atoms with E-state index in [0.717, 1.165) is 32.6 Å². The third-order valence-electron chi connectivity index (χ3n) is 5.54. The highest BCUT2D eigenvalue weighted by atomic mass is 16.5. The van der Waals surface area contributed by atoms with E-state index in [-0.39, 0.29) is 22.3 Å². The highest BCUT2D eigenvalue weighted by Crippen LogP contribution is 2.48. The molecular weight excluding hydrogens is 262 g/mol. The predicted octanol–water partition coefficient (Wildman–Crippen LogP) is 2.08. The molecular formula is C17H35N3O. The molecule has 4 nitrogen and oxygen atoms in total. The molecule has 0 aromatic heterocycles. The summed E-state index contributed by atoms with van der Waals surface area (Å²) in [5.41, 5.74) is 6.20. The Labute approximate surface area is 131 Å². The van der Waals surface area contributed by atoms with Crippen LogP contribution in [-0.4, -0.2) is 64.8 Å². The van der Waals surface area contributed by atoms with Crippen LogP contribution < -0.4 is 5.73 Å². The third-order valence-corrected chi connectivity index (χ3v) is 5.54. The van der Waals surface area contributed by atoms with Gasteiger partial charge in [0, 0.05) is 38.3 Å². The van der Waals surface area contributed by atoms with Crippen LogP contribution in [0.4, 0.5) is 0 Å². The molecule has 0 spiro atoms. The first-order chi connectivity index (χ1) is 9.44. The number of piperazine rings is 1. The van der Waals surface area contributed by atoms with Crippen LogP contribution in [0.3, 0.4) is 0 Å². The van der Waals surface area contributed by atoms with E-state index in [4.69, 9.17) is 10.5 Å². The van der Waals surface area contributed by atoms with Gasteiger partial charge in [-0.25, -0.2) is 0 Å². The van der Waals surface area contributed by atoms with E-state index in [9.17, 15) is 0 Å². The van der Waals surface area contributed by atoms with Crippen molar-refractivity contribution in [1.29, 1.82) is 0 Å². The van der Waals surface area contributed by atoms with Crippen molar-refractivity contribution in [3.63, 3.8) is 0 Å². The van der Waals surface area contributed by atoms with Gasteiger partial charge < -0.3 is 10.5 Å². The lowest BCUT2D eigenvalue weighted by Crippen LogP contribution is -2.68. The number of hydrogen-bond acceptors (Lipinski definition) is 4. The lowest BCUT2D eigenvalue weighted by molar-refractivity contribution is -0.112. The fourth-order valence-corrected chi connectivity index (χ4v) is 4.48.